The Bertz CT molecular complexity index is 394. The fourth-order valence-corrected chi connectivity index (χ4v) is 2.37. The van der Waals surface area contributed by atoms with Crippen molar-refractivity contribution in [3.05, 3.63) is 35.9 Å². The largest absolute Gasteiger partial charge is 0.396 e. The molecule has 1 heterocycles. The van der Waals surface area contributed by atoms with Crippen molar-refractivity contribution in [2.24, 2.45) is 11.7 Å². The van der Waals surface area contributed by atoms with E-state index in [4.69, 9.17) is 10.8 Å². The molecule has 2 rings (SSSR count). The second-order valence-corrected chi connectivity index (χ2v) is 4.92. The third-order valence-corrected chi connectivity index (χ3v) is 3.47. The number of benzene rings is 1. The van der Waals surface area contributed by atoms with Gasteiger partial charge < -0.3 is 15.7 Å². The lowest BCUT2D eigenvalue weighted by atomic mass is 10.1. The van der Waals surface area contributed by atoms with Gasteiger partial charge in [0.05, 0.1) is 6.04 Å². The molecule has 0 saturated carbocycles. The van der Waals surface area contributed by atoms with Gasteiger partial charge in [0.1, 0.15) is 0 Å². The number of rotatable bonds is 4. The first-order valence-corrected chi connectivity index (χ1v) is 6.40. The van der Waals surface area contributed by atoms with Crippen LogP contribution in [0.25, 0.3) is 0 Å². The molecule has 4 nitrogen and oxygen atoms in total. The number of carbonyl (C=O) groups is 1. The van der Waals surface area contributed by atoms with Crippen molar-refractivity contribution in [3.8, 4) is 0 Å². The van der Waals surface area contributed by atoms with Crippen LogP contribution >= 0.6 is 0 Å². The summed E-state index contributed by atoms with van der Waals surface area (Å²) in [6, 6.07) is 9.32. The van der Waals surface area contributed by atoms with Crippen LogP contribution in [-0.2, 0) is 11.2 Å². The smallest absolute Gasteiger partial charge is 0.239 e. The van der Waals surface area contributed by atoms with Crippen LogP contribution in [0.5, 0.6) is 0 Å². The number of hydrogen-bond acceptors (Lipinski definition) is 3. The Morgan fingerprint density at radius 2 is 2.17 bits per heavy atom. The van der Waals surface area contributed by atoms with Crippen molar-refractivity contribution < 1.29 is 9.90 Å². The van der Waals surface area contributed by atoms with Crippen LogP contribution in [0.4, 0.5) is 0 Å². The van der Waals surface area contributed by atoms with E-state index in [2.05, 4.69) is 0 Å². The molecule has 2 unspecified atom stereocenters. The van der Waals surface area contributed by atoms with Gasteiger partial charge in [-0.3, -0.25) is 4.79 Å². The Labute approximate surface area is 107 Å². The van der Waals surface area contributed by atoms with Crippen molar-refractivity contribution >= 4 is 5.91 Å². The zero-order valence-electron chi connectivity index (χ0n) is 10.5. The highest BCUT2D eigenvalue weighted by Gasteiger charge is 2.28. The van der Waals surface area contributed by atoms with Gasteiger partial charge in [0.15, 0.2) is 0 Å². The van der Waals surface area contributed by atoms with Gasteiger partial charge in [-0.1, -0.05) is 30.3 Å². The highest BCUT2D eigenvalue weighted by atomic mass is 16.3. The van der Waals surface area contributed by atoms with E-state index in [1.165, 1.54) is 0 Å². The molecule has 98 valence electrons. The summed E-state index contributed by atoms with van der Waals surface area (Å²) in [4.78, 5) is 13.9. The van der Waals surface area contributed by atoms with Crippen LogP contribution in [-0.4, -0.2) is 41.7 Å². The van der Waals surface area contributed by atoms with E-state index in [-0.39, 0.29) is 18.4 Å². The zero-order chi connectivity index (χ0) is 13.0. The lowest BCUT2D eigenvalue weighted by Gasteiger charge is -2.20. The van der Waals surface area contributed by atoms with Crippen LogP contribution in [0.15, 0.2) is 30.3 Å². The van der Waals surface area contributed by atoms with E-state index in [1.807, 2.05) is 30.3 Å². The monoisotopic (exact) mass is 248 g/mol. The number of likely N-dealkylation sites (tertiary alicyclic amines) is 1. The minimum atomic E-state index is -0.482. The van der Waals surface area contributed by atoms with E-state index in [9.17, 15) is 4.79 Å². The highest BCUT2D eigenvalue weighted by Crippen LogP contribution is 2.16. The lowest BCUT2D eigenvalue weighted by molar-refractivity contribution is -0.131. The van der Waals surface area contributed by atoms with E-state index < -0.39 is 6.04 Å². The number of amides is 1. The van der Waals surface area contributed by atoms with Gasteiger partial charge in [-0.25, -0.2) is 0 Å². The van der Waals surface area contributed by atoms with Crippen molar-refractivity contribution in [3.63, 3.8) is 0 Å². The minimum absolute atomic E-state index is 0.00481. The van der Waals surface area contributed by atoms with Crippen LogP contribution in [0.1, 0.15) is 12.0 Å². The topological polar surface area (TPSA) is 66.6 Å². The maximum atomic E-state index is 12.1. The fraction of sp³-hybridized carbons (Fsp3) is 0.500. The summed E-state index contributed by atoms with van der Waals surface area (Å²) in [5.74, 6) is 0.215. The standard InChI is InChI=1S/C14H20N2O2/c15-13(8-11-4-2-1-3-5-11)14(18)16-7-6-12(9-16)10-17/h1-5,12-13,17H,6-10,15H2. The maximum absolute atomic E-state index is 12.1. The molecule has 0 aromatic heterocycles. The molecular formula is C14H20N2O2. The summed E-state index contributed by atoms with van der Waals surface area (Å²) in [6.45, 7) is 1.50. The Hall–Kier alpha value is -1.39. The molecule has 2 atom stereocenters. The van der Waals surface area contributed by atoms with Crippen molar-refractivity contribution in [1.29, 1.82) is 0 Å². The van der Waals surface area contributed by atoms with E-state index in [0.717, 1.165) is 12.0 Å². The molecule has 1 amide bonds. The van der Waals surface area contributed by atoms with Crippen molar-refractivity contribution in [2.75, 3.05) is 19.7 Å². The number of aliphatic hydroxyl groups excluding tert-OH is 1. The Kier molecular flexibility index (Phi) is 4.33. The van der Waals surface area contributed by atoms with Gasteiger partial charge in [0.25, 0.3) is 0 Å². The lowest BCUT2D eigenvalue weighted by Crippen LogP contribution is -2.44. The summed E-state index contributed by atoms with van der Waals surface area (Å²) in [7, 11) is 0. The number of nitrogens with zero attached hydrogens (tertiary/aromatic N) is 1. The van der Waals surface area contributed by atoms with Crippen LogP contribution in [0.3, 0.4) is 0 Å². The summed E-state index contributed by atoms with van der Waals surface area (Å²) >= 11 is 0. The van der Waals surface area contributed by atoms with Crippen LogP contribution in [0.2, 0.25) is 0 Å². The summed E-state index contributed by atoms with van der Waals surface area (Å²) in [6.07, 6.45) is 1.44. The first-order valence-electron chi connectivity index (χ1n) is 6.40. The maximum Gasteiger partial charge on any atom is 0.239 e. The predicted molar refractivity (Wildman–Crippen MR) is 69.9 cm³/mol. The van der Waals surface area contributed by atoms with Gasteiger partial charge in [-0.05, 0) is 18.4 Å². The molecule has 3 N–H and O–H groups in total. The molecule has 4 heteroatoms. The van der Waals surface area contributed by atoms with Gasteiger partial charge in [0, 0.05) is 25.6 Å². The first-order chi connectivity index (χ1) is 8.70. The summed E-state index contributed by atoms with van der Waals surface area (Å²) in [5, 5.41) is 9.07. The predicted octanol–water partition coefficient (Wildman–Crippen LogP) is 0.397. The third-order valence-electron chi connectivity index (χ3n) is 3.47. The number of carbonyl (C=O) groups excluding carboxylic acids is 1. The quantitative estimate of drug-likeness (QED) is 0.810. The molecule has 18 heavy (non-hydrogen) atoms. The average Bonchev–Trinajstić information content (AvgIpc) is 2.87. The molecule has 1 aliphatic heterocycles. The van der Waals surface area contributed by atoms with Gasteiger partial charge >= 0.3 is 0 Å². The number of hydrogen-bond donors (Lipinski definition) is 2. The van der Waals surface area contributed by atoms with Gasteiger partial charge in [-0.15, -0.1) is 0 Å². The molecule has 1 aromatic rings. The molecule has 1 aromatic carbocycles. The van der Waals surface area contributed by atoms with E-state index in [1.54, 1.807) is 4.90 Å². The normalized spacial score (nSPS) is 21.0. The van der Waals surface area contributed by atoms with E-state index >= 15 is 0 Å². The number of nitrogens with two attached hydrogens (primary N) is 1. The molecule has 1 fully saturated rings. The van der Waals surface area contributed by atoms with Gasteiger partial charge in [0.2, 0.25) is 5.91 Å². The van der Waals surface area contributed by atoms with E-state index in [0.29, 0.717) is 19.5 Å². The fourth-order valence-electron chi connectivity index (χ4n) is 2.37. The molecule has 0 aliphatic carbocycles. The molecule has 1 saturated heterocycles. The highest BCUT2D eigenvalue weighted by molar-refractivity contribution is 5.82. The molecule has 0 bridgehead atoms. The Morgan fingerprint density at radius 3 is 2.78 bits per heavy atom. The third kappa shape index (κ3) is 3.09. The number of aliphatic hydroxyl groups is 1. The zero-order valence-corrected chi connectivity index (χ0v) is 10.5. The van der Waals surface area contributed by atoms with Crippen LogP contribution in [0, 0.1) is 5.92 Å². The van der Waals surface area contributed by atoms with Crippen molar-refractivity contribution in [1.82, 2.24) is 4.90 Å². The molecule has 1 aliphatic rings. The summed E-state index contributed by atoms with van der Waals surface area (Å²) < 4.78 is 0. The van der Waals surface area contributed by atoms with Crippen molar-refractivity contribution in [2.45, 2.75) is 18.9 Å². The Morgan fingerprint density at radius 1 is 1.44 bits per heavy atom. The second-order valence-electron chi connectivity index (χ2n) is 4.92. The minimum Gasteiger partial charge on any atom is -0.396 e. The molecule has 0 spiro atoms. The average molecular weight is 248 g/mol. The molecular weight excluding hydrogens is 228 g/mol. The Balaban J connectivity index is 1.89. The second kappa shape index (κ2) is 5.98. The summed E-state index contributed by atoms with van der Waals surface area (Å²) in [5.41, 5.74) is 7.04. The first kappa shape index (κ1) is 13.1. The van der Waals surface area contributed by atoms with Gasteiger partial charge in [-0.2, -0.15) is 0 Å². The van der Waals surface area contributed by atoms with Crippen LogP contribution < -0.4 is 5.73 Å². The molecule has 0 radical (unpaired) electrons. The SMILES string of the molecule is NC(Cc1ccccc1)C(=O)N1CCC(CO)C1.